The summed E-state index contributed by atoms with van der Waals surface area (Å²) in [6, 6.07) is 0. The largest absolute Gasteiger partial charge is 0.228 e. The number of hydrogen-bond acceptors (Lipinski definition) is 2. The van der Waals surface area contributed by atoms with Crippen LogP contribution in [-0.4, -0.2) is 18.9 Å². The molecule has 2 nitrogen and oxygen atoms in total. The molecule has 0 aromatic carbocycles. The zero-order valence-corrected chi connectivity index (χ0v) is 8.96. The standard InChI is InChI=1S/C9H16O2S/c1-7-5-9(3,4)12(10,11)6-8(7)2/h5-6H2,1-4H3. The van der Waals surface area contributed by atoms with E-state index in [4.69, 9.17) is 0 Å². The van der Waals surface area contributed by atoms with Crippen molar-refractivity contribution in [1.82, 2.24) is 0 Å². The summed E-state index contributed by atoms with van der Waals surface area (Å²) in [7, 11) is -2.90. The van der Waals surface area contributed by atoms with Gasteiger partial charge in [-0.15, -0.1) is 0 Å². The van der Waals surface area contributed by atoms with E-state index in [9.17, 15) is 8.42 Å². The molecule has 0 saturated heterocycles. The molecule has 0 fully saturated rings. The quantitative estimate of drug-likeness (QED) is 0.544. The van der Waals surface area contributed by atoms with Crippen LogP contribution >= 0.6 is 0 Å². The van der Waals surface area contributed by atoms with E-state index in [2.05, 4.69) is 0 Å². The number of allylic oxidation sites excluding steroid dienone is 1. The summed E-state index contributed by atoms with van der Waals surface area (Å²) >= 11 is 0. The highest BCUT2D eigenvalue weighted by Gasteiger charge is 2.37. The Bertz CT molecular complexity index is 320. The fourth-order valence-corrected chi connectivity index (χ4v) is 3.15. The van der Waals surface area contributed by atoms with Crippen LogP contribution in [0, 0.1) is 0 Å². The van der Waals surface area contributed by atoms with Gasteiger partial charge >= 0.3 is 0 Å². The van der Waals surface area contributed by atoms with Crippen molar-refractivity contribution in [3.63, 3.8) is 0 Å². The summed E-state index contributed by atoms with van der Waals surface area (Å²) < 4.78 is 22.7. The molecular weight excluding hydrogens is 172 g/mol. The molecule has 1 aliphatic heterocycles. The second-order valence-corrected chi connectivity index (χ2v) is 6.88. The molecular formula is C9H16O2S. The van der Waals surface area contributed by atoms with Crippen LogP contribution in [0.5, 0.6) is 0 Å². The molecule has 0 atom stereocenters. The average Bonchev–Trinajstić information content (AvgIpc) is 1.82. The molecule has 0 saturated carbocycles. The first-order valence-corrected chi connectivity index (χ1v) is 5.79. The second-order valence-electron chi connectivity index (χ2n) is 4.26. The first kappa shape index (κ1) is 9.78. The highest BCUT2D eigenvalue weighted by Crippen LogP contribution is 2.33. The second kappa shape index (κ2) is 2.59. The average molecular weight is 188 g/mol. The summed E-state index contributed by atoms with van der Waals surface area (Å²) in [6.45, 7) is 7.53. The Labute approximate surface area is 74.6 Å². The maximum absolute atomic E-state index is 11.6. The minimum atomic E-state index is -2.90. The molecule has 0 radical (unpaired) electrons. The molecule has 0 aliphatic carbocycles. The number of rotatable bonds is 0. The Morgan fingerprint density at radius 1 is 1.17 bits per heavy atom. The lowest BCUT2D eigenvalue weighted by Gasteiger charge is -2.30. The van der Waals surface area contributed by atoms with Gasteiger partial charge in [0.25, 0.3) is 0 Å². The summed E-state index contributed by atoms with van der Waals surface area (Å²) in [4.78, 5) is 0. The Morgan fingerprint density at radius 2 is 1.67 bits per heavy atom. The van der Waals surface area contributed by atoms with Gasteiger partial charge in [-0.05, 0) is 34.1 Å². The molecule has 0 N–H and O–H groups in total. The van der Waals surface area contributed by atoms with Crippen molar-refractivity contribution >= 4 is 9.84 Å². The molecule has 70 valence electrons. The van der Waals surface area contributed by atoms with E-state index in [1.165, 1.54) is 5.57 Å². The van der Waals surface area contributed by atoms with Crippen LogP contribution in [0.4, 0.5) is 0 Å². The molecule has 1 aliphatic rings. The normalized spacial score (nSPS) is 27.3. The van der Waals surface area contributed by atoms with E-state index in [1.807, 2.05) is 13.8 Å². The van der Waals surface area contributed by atoms with Crippen LogP contribution < -0.4 is 0 Å². The minimum absolute atomic E-state index is 0.242. The van der Waals surface area contributed by atoms with Gasteiger partial charge in [-0.25, -0.2) is 8.42 Å². The van der Waals surface area contributed by atoms with Crippen LogP contribution in [0.1, 0.15) is 34.1 Å². The summed E-state index contributed by atoms with van der Waals surface area (Å²) in [6.07, 6.45) is 0.682. The maximum atomic E-state index is 11.6. The Hall–Kier alpha value is -0.310. The van der Waals surface area contributed by atoms with Crippen molar-refractivity contribution in [3.8, 4) is 0 Å². The van der Waals surface area contributed by atoms with E-state index >= 15 is 0 Å². The number of hydrogen-bond donors (Lipinski definition) is 0. The lowest BCUT2D eigenvalue weighted by molar-refractivity contribution is 0.537. The van der Waals surface area contributed by atoms with Gasteiger partial charge in [0.1, 0.15) is 0 Å². The minimum Gasteiger partial charge on any atom is -0.228 e. The third-order valence-corrected chi connectivity index (χ3v) is 5.31. The van der Waals surface area contributed by atoms with E-state index in [0.717, 1.165) is 5.57 Å². The molecule has 0 aromatic heterocycles. The van der Waals surface area contributed by atoms with Gasteiger partial charge in [-0.3, -0.25) is 0 Å². The molecule has 0 aromatic rings. The molecule has 0 bridgehead atoms. The fourth-order valence-electron chi connectivity index (χ4n) is 1.50. The van der Waals surface area contributed by atoms with Gasteiger partial charge in [-0.2, -0.15) is 0 Å². The van der Waals surface area contributed by atoms with Crippen molar-refractivity contribution in [2.45, 2.75) is 38.9 Å². The van der Waals surface area contributed by atoms with Crippen molar-refractivity contribution < 1.29 is 8.42 Å². The van der Waals surface area contributed by atoms with Crippen molar-refractivity contribution in [3.05, 3.63) is 11.1 Å². The molecule has 0 unspecified atom stereocenters. The lowest BCUT2D eigenvalue weighted by atomic mass is 9.99. The molecule has 0 spiro atoms. The SMILES string of the molecule is CC1=C(C)CS(=O)(=O)C(C)(C)C1. The van der Waals surface area contributed by atoms with Gasteiger partial charge in [0.2, 0.25) is 0 Å². The zero-order valence-electron chi connectivity index (χ0n) is 8.14. The highest BCUT2D eigenvalue weighted by atomic mass is 32.2. The van der Waals surface area contributed by atoms with Crippen LogP contribution in [0.25, 0.3) is 0 Å². The van der Waals surface area contributed by atoms with E-state index < -0.39 is 14.6 Å². The molecule has 3 heteroatoms. The van der Waals surface area contributed by atoms with Crippen molar-refractivity contribution in [2.24, 2.45) is 0 Å². The van der Waals surface area contributed by atoms with E-state index in [0.29, 0.717) is 6.42 Å². The summed E-state index contributed by atoms with van der Waals surface area (Å²) in [5, 5.41) is 0. The van der Waals surface area contributed by atoms with Gasteiger partial charge < -0.3 is 0 Å². The third kappa shape index (κ3) is 1.42. The van der Waals surface area contributed by atoms with Crippen LogP contribution in [0.2, 0.25) is 0 Å². The summed E-state index contributed by atoms with van der Waals surface area (Å²) in [5.74, 6) is 0.242. The van der Waals surface area contributed by atoms with Crippen LogP contribution in [0.15, 0.2) is 11.1 Å². The third-order valence-electron chi connectivity index (χ3n) is 2.67. The van der Waals surface area contributed by atoms with Gasteiger partial charge in [-0.1, -0.05) is 11.1 Å². The van der Waals surface area contributed by atoms with Gasteiger partial charge in [0.15, 0.2) is 9.84 Å². The Balaban J connectivity index is 3.18. The smallest absolute Gasteiger partial charge is 0.159 e. The van der Waals surface area contributed by atoms with Crippen molar-refractivity contribution in [1.29, 1.82) is 0 Å². The maximum Gasteiger partial charge on any atom is 0.159 e. The Morgan fingerprint density at radius 3 is 2.08 bits per heavy atom. The van der Waals surface area contributed by atoms with E-state index in [-0.39, 0.29) is 5.75 Å². The zero-order chi connectivity index (χ0) is 9.57. The predicted molar refractivity (Wildman–Crippen MR) is 50.9 cm³/mol. The van der Waals surface area contributed by atoms with Gasteiger partial charge in [0, 0.05) is 0 Å². The predicted octanol–water partition coefficient (Wildman–Crippen LogP) is 1.92. The first-order chi connectivity index (χ1) is 5.26. The van der Waals surface area contributed by atoms with Crippen LogP contribution in [0.3, 0.4) is 0 Å². The fraction of sp³-hybridized carbons (Fsp3) is 0.778. The first-order valence-electron chi connectivity index (χ1n) is 4.14. The summed E-state index contributed by atoms with van der Waals surface area (Å²) in [5.41, 5.74) is 2.25. The number of sulfone groups is 1. The van der Waals surface area contributed by atoms with E-state index in [1.54, 1.807) is 13.8 Å². The molecule has 1 rings (SSSR count). The lowest BCUT2D eigenvalue weighted by Crippen LogP contribution is -2.38. The van der Waals surface area contributed by atoms with Crippen molar-refractivity contribution in [2.75, 3.05) is 5.75 Å². The monoisotopic (exact) mass is 188 g/mol. The molecule has 0 amide bonds. The van der Waals surface area contributed by atoms with Crippen LogP contribution in [-0.2, 0) is 9.84 Å². The van der Waals surface area contributed by atoms with Gasteiger partial charge in [0.05, 0.1) is 10.5 Å². The highest BCUT2D eigenvalue weighted by molar-refractivity contribution is 7.93. The topological polar surface area (TPSA) is 34.1 Å². The molecule has 1 heterocycles. The Kier molecular flexibility index (Phi) is 2.11. The molecule has 12 heavy (non-hydrogen) atoms.